The Hall–Kier alpha value is -0.120. The lowest BCUT2D eigenvalue weighted by atomic mass is 9.89. The Morgan fingerprint density at radius 2 is 1.80 bits per heavy atom. The molecule has 2 unspecified atom stereocenters. The Bertz CT molecular complexity index is 178. The molecular formula is C12H27N3. The average molecular weight is 213 g/mol. The maximum atomic E-state index is 3.51. The highest BCUT2D eigenvalue weighted by molar-refractivity contribution is 5.04. The molecule has 1 aliphatic carbocycles. The fraction of sp³-hybridized carbons (Fsp3) is 1.00. The highest BCUT2D eigenvalue weighted by atomic mass is 15.2. The predicted molar refractivity (Wildman–Crippen MR) is 65.9 cm³/mol. The molecule has 0 aromatic carbocycles. The van der Waals surface area contributed by atoms with Crippen molar-refractivity contribution in [1.29, 1.82) is 0 Å². The number of hydrogen-bond acceptors (Lipinski definition) is 3. The zero-order valence-corrected chi connectivity index (χ0v) is 10.7. The first-order valence-corrected chi connectivity index (χ1v) is 6.30. The summed E-state index contributed by atoms with van der Waals surface area (Å²) in [5.41, 5.74) is 0.101. The predicted octanol–water partition coefficient (Wildman–Crippen LogP) is 1.31. The highest BCUT2D eigenvalue weighted by Crippen LogP contribution is 2.36. The standard InChI is InChI=1S/C12H27N3/c1-5-6-7-10-8-9-11(13-2)12(10,14-3)15-4/h10-11,13-15H,5-9H2,1-4H3. The molecule has 2 atom stereocenters. The summed E-state index contributed by atoms with van der Waals surface area (Å²) in [5, 5.41) is 10.5. The minimum absolute atomic E-state index is 0.101. The summed E-state index contributed by atoms with van der Waals surface area (Å²) < 4.78 is 0. The van der Waals surface area contributed by atoms with E-state index in [2.05, 4.69) is 44.0 Å². The second-order valence-electron chi connectivity index (χ2n) is 4.63. The lowest BCUT2D eigenvalue weighted by Crippen LogP contribution is -2.66. The van der Waals surface area contributed by atoms with Gasteiger partial charge in [0.1, 0.15) is 0 Å². The molecule has 0 aromatic heterocycles. The molecule has 1 fully saturated rings. The number of rotatable bonds is 6. The van der Waals surface area contributed by atoms with E-state index < -0.39 is 0 Å². The first-order chi connectivity index (χ1) is 7.25. The molecule has 0 aromatic rings. The second kappa shape index (κ2) is 5.83. The Morgan fingerprint density at radius 3 is 2.27 bits per heavy atom. The Morgan fingerprint density at radius 1 is 1.13 bits per heavy atom. The van der Waals surface area contributed by atoms with Crippen LogP contribution < -0.4 is 16.0 Å². The fourth-order valence-electron chi connectivity index (χ4n) is 3.18. The van der Waals surface area contributed by atoms with Crippen LogP contribution in [-0.4, -0.2) is 32.8 Å². The van der Waals surface area contributed by atoms with Gasteiger partial charge in [-0.05, 0) is 46.3 Å². The van der Waals surface area contributed by atoms with Crippen molar-refractivity contribution in [1.82, 2.24) is 16.0 Å². The van der Waals surface area contributed by atoms with Crippen LogP contribution in [-0.2, 0) is 0 Å². The van der Waals surface area contributed by atoms with Gasteiger partial charge in [-0.1, -0.05) is 19.8 Å². The van der Waals surface area contributed by atoms with Gasteiger partial charge in [0.05, 0.1) is 5.66 Å². The number of unbranched alkanes of at least 4 members (excludes halogenated alkanes) is 1. The van der Waals surface area contributed by atoms with Crippen LogP contribution in [0.15, 0.2) is 0 Å². The van der Waals surface area contributed by atoms with Crippen LogP contribution in [0, 0.1) is 5.92 Å². The van der Waals surface area contributed by atoms with E-state index in [1.54, 1.807) is 0 Å². The van der Waals surface area contributed by atoms with Gasteiger partial charge < -0.3 is 16.0 Å². The third-order valence-corrected chi connectivity index (χ3v) is 4.08. The van der Waals surface area contributed by atoms with Crippen LogP contribution in [0.5, 0.6) is 0 Å². The topological polar surface area (TPSA) is 36.1 Å². The van der Waals surface area contributed by atoms with E-state index in [-0.39, 0.29) is 5.66 Å². The van der Waals surface area contributed by atoms with Crippen molar-refractivity contribution in [3.05, 3.63) is 0 Å². The maximum absolute atomic E-state index is 3.51. The van der Waals surface area contributed by atoms with Crippen LogP contribution in [0.3, 0.4) is 0 Å². The van der Waals surface area contributed by atoms with E-state index in [0.29, 0.717) is 6.04 Å². The first-order valence-electron chi connectivity index (χ1n) is 6.30. The third-order valence-electron chi connectivity index (χ3n) is 4.08. The van der Waals surface area contributed by atoms with E-state index >= 15 is 0 Å². The van der Waals surface area contributed by atoms with Crippen molar-refractivity contribution in [3.8, 4) is 0 Å². The summed E-state index contributed by atoms with van der Waals surface area (Å²) in [5.74, 6) is 0.755. The van der Waals surface area contributed by atoms with E-state index in [1.165, 1.54) is 32.1 Å². The van der Waals surface area contributed by atoms with E-state index in [4.69, 9.17) is 0 Å². The summed E-state index contributed by atoms with van der Waals surface area (Å²) in [7, 11) is 6.21. The molecule has 0 radical (unpaired) electrons. The Labute approximate surface area is 94.4 Å². The molecule has 0 bridgehead atoms. The van der Waals surface area contributed by atoms with Crippen LogP contribution >= 0.6 is 0 Å². The molecule has 0 heterocycles. The smallest absolute Gasteiger partial charge is 0.0868 e. The minimum Gasteiger partial charge on any atom is -0.314 e. The van der Waals surface area contributed by atoms with Crippen LogP contribution in [0.1, 0.15) is 39.0 Å². The zero-order valence-electron chi connectivity index (χ0n) is 10.7. The first kappa shape index (κ1) is 12.9. The average Bonchev–Trinajstić information content (AvgIpc) is 2.64. The summed E-state index contributed by atoms with van der Waals surface area (Å²) in [6.45, 7) is 2.27. The molecule has 0 saturated heterocycles. The molecule has 0 amide bonds. The summed E-state index contributed by atoms with van der Waals surface area (Å²) >= 11 is 0. The number of likely N-dealkylation sites (N-methyl/N-ethyl adjacent to an activating group) is 3. The van der Waals surface area contributed by atoms with Gasteiger partial charge in [-0.15, -0.1) is 0 Å². The SMILES string of the molecule is CCCCC1CCC(NC)C1(NC)NC. The van der Waals surface area contributed by atoms with Crippen LogP contribution in [0.4, 0.5) is 0 Å². The van der Waals surface area contributed by atoms with Crippen molar-refractivity contribution in [2.24, 2.45) is 5.92 Å². The molecule has 1 rings (SSSR count). The molecule has 0 spiro atoms. The van der Waals surface area contributed by atoms with Gasteiger partial charge in [0, 0.05) is 6.04 Å². The fourth-order valence-corrected chi connectivity index (χ4v) is 3.18. The monoisotopic (exact) mass is 213 g/mol. The normalized spacial score (nSPS) is 29.6. The van der Waals surface area contributed by atoms with Crippen molar-refractivity contribution < 1.29 is 0 Å². The number of nitrogens with one attached hydrogen (secondary N) is 3. The van der Waals surface area contributed by atoms with Gasteiger partial charge in [-0.2, -0.15) is 0 Å². The van der Waals surface area contributed by atoms with Crippen LogP contribution in [0.25, 0.3) is 0 Å². The summed E-state index contributed by atoms with van der Waals surface area (Å²) in [4.78, 5) is 0. The maximum Gasteiger partial charge on any atom is 0.0868 e. The Kier molecular flexibility index (Phi) is 5.03. The van der Waals surface area contributed by atoms with Gasteiger partial charge in [0.25, 0.3) is 0 Å². The van der Waals surface area contributed by atoms with Crippen molar-refractivity contribution in [2.75, 3.05) is 21.1 Å². The summed E-state index contributed by atoms with van der Waals surface area (Å²) in [6.07, 6.45) is 6.56. The van der Waals surface area contributed by atoms with E-state index in [0.717, 1.165) is 5.92 Å². The van der Waals surface area contributed by atoms with Crippen molar-refractivity contribution in [3.63, 3.8) is 0 Å². The quantitative estimate of drug-likeness (QED) is 0.582. The summed E-state index contributed by atoms with van der Waals surface area (Å²) in [6, 6.07) is 0.550. The van der Waals surface area contributed by atoms with Gasteiger partial charge in [0.15, 0.2) is 0 Å². The van der Waals surface area contributed by atoms with Gasteiger partial charge in [0.2, 0.25) is 0 Å². The molecule has 90 valence electrons. The molecule has 0 aliphatic heterocycles. The lowest BCUT2D eigenvalue weighted by molar-refractivity contribution is 0.170. The Balaban J connectivity index is 2.70. The lowest BCUT2D eigenvalue weighted by Gasteiger charge is -2.40. The molecule has 15 heavy (non-hydrogen) atoms. The zero-order chi connectivity index (χ0) is 11.3. The van der Waals surface area contributed by atoms with Gasteiger partial charge in [-0.25, -0.2) is 0 Å². The molecule has 1 aliphatic rings. The van der Waals surface area contributed by atoms with E-state index in [9.17, 15) is 0 Å². The van der Waals surface area contributed by atoms with Gasteiger partial charge in [-0.3, -0.25) is 0 Å². The molecule has 1 saturated carbocycles. The van der Waals surface area contributed by atoms with Crippen molar-refractivity contribution >= 4 is 0 Å². The number of hydrogen-bond donors (Lipinski definition) is 3. The molecular weight excluding hydrogens is 186 g/mol. The van der Waals surface area contributed by atoms with Gasteiger partial charge >= 0.3 is 0 Å². The molecule has 3 nitrogen and oxygen atoms in total. The highest BCUT2D eigenvalue weighted by Gasteiger charge is 2.46. The molecule has 3 heteroatoms. The third kappa shape index (κ3) is 2.35. The van der Waals surface area contributed by atoms with E-state index in [1.807, 2.05) is 0 Å². The van der Waals surface area contributed by atoms with Crippen molar-refractivity contribution in [2.45, 2.75) is 50.7 Å². The van der Waals surface area contributed by atoms with Crippen LogP contribution in [0.2, 0.25) is 0 Å². The second-order valence-corrected chi connectivity index (χ2v) is 4.63. The molecule has 3 N–H and O–H groups in total. The largest absolute Gasteiger partial charge is 0.314 e. The minimum atomic E-state index is 0.101.